The van der Waals surface area contributed by atoms with Gasteiger partial charge < -0.3 is 9.52 Å². The molecule has 1 N–H and O–H groups in total. The molecule has 6 heteroatoms. The quantitative estimate of drug-likeness (QED) is 0.839. The van der Waals surface area contributed by atoms with Crippen molar-refractivity contribution in [2.45, 2.75) is 25.7 Å². The fourth-order valence-corrected chi connectivity index (χ4v) is 2.89. The number of Topliss-reactive ketones (excluding diaryl/α,β-unsaturated/α-hetero) is 1. The summed E-state index contributed by atoms with van der Waals surface area (Å²) in [5.41, 5.74) is -0.0678. The second-order valence-corrected chi connectivity index (χ2v) is 5.08. The molecule has 2 aliphatic carbocycles. The minimum atomic E-state index is -0.669. The van der Waals surface area contributed by atoms with Gasteiger partial charge in [-0.3, -0.25) is 9.59 Å². The molecule has 1 saturated carbocycles. The van der Waals surface area contributed by atoms with Crippen LogP contribution in [0, 0.1) is 11.8 Å². The second-order valence-electron chi connectivity index (χ2n) is 5.08. The molecule has 6 nitrogen and oxygen atoms in total. The molecule has 1 amide bonds. The van der Waals surface area contributed by atoms with Crippen LogP contribution in [0.25, 0.3) is 0 Å². The Bertz CT molecular complexity index is 601. The van der Waals surface area contributed by atoms with E-state index in [0.717, 1.165) is 25.7 Å². The van der Waals surface area contributed by atoms with Gasteiger partial charge in [0.25, 0.3) is 0 Å². The zero-order chi connectivity index (χ0) is 14.1. The van der Waals surface area contributed by atoms with Gasteiger partial charge in [-0.2, -0.15) is 0 Å². The minimum Gasteiger partial charge on any atom is -0.510 e. The highest BCUT2D eigenvalue weighted by Crippen LogP contribution is 2.42. The number of allylic oxidation sites excluding steroid dienone is 2. The Kier molecular flexibility index (Phi) is 3.22. The van der Waals surface area contributed by atoms with Crippen molar-refractivity contribution < 1.29 is 19.1 Å². The van der Waals surface area contributed by atoms with E-state index in [2.05, 4.69) is 10.2 Å². The molecule has 0 aliphatic heterocycles. The van der Waals surface area contributed by atoms with Crippen LogP contribution >= 0.6 is 0 Å². The van der Waals surface area contributed by atoms with Gasteiger partial charge in [-0.15, -0.1) is 10.2 Å². The number of carbonyl (C=O) groups is 2. The maximum atomic E-state index is 12.1. The van der Waals surface area contributed by atoms with E-state index in [1.807, 2.05) is 0 Å². The van der Waals surface area contributed by atoms with Crippen LogP contribution in [0.1, 0.15) is 36.2 Å². The van der Waals surface area contributed by atoms with Gasteiger partial charge in [-0.05, 0) is 25.0 Å². The summed E-state index contributed by atoms with van der Waals surface area (Å²) in [5, 5.41) is 17.2. The minimum absolute atomic E-state index is 0.0179. The van der Waals surface area contributed by atoms with Gasteiger partial charge in [0.1, 0.15) is 5.76 Å². The molecule has 104 valence electrons. The molecule has 0 spiro atoms. The summed E-state index contributed by atoms with van der Waals surface area (Å²) in [6.45, 7) is 0. The zero-order valence-electron chi connectivity index (χ0n) is 10.8. The van der Waals surface area contributed by atoms with Gasteiger partial charge in [-0.25, -0.2) is 0 Å². The number of rotatable bonds is 2. The predicted octanol–water partition coefficient (Wildman–Crippen LogP) is 3.03. The normalized spacial score (nSPS) is 26.3. The summed E-state index contributed by atoms with van der Waals surface area (Å²) in [6, 6.07) is 3.03. The molecule has 1 fully saturated rings. The molecule has 2 aliphatic rings. The topological polar surface area (TPSA) is 92.2 Å². The molecule has 0 radical (unpaired) electrons. The molecule has 1 aromatic heterocycles. The molecule has 2 unspecified atom stereocenters. The van der Waals surface area contributed by atoms with Crippen molar-refractivity contribution in [2.75, 3.05) is 0 Å². The number of hydrogen-bond acceptors (Lipinski definition) is 5. The first-order valence-corrected chi connectivity index (χ1v) is 6.65. The Morgan fingerprint density at radius 3 is 2.70 bits per heavy atom. The number of furan rings is 1. The summed E-state index contributed by atoms with van der Waals surface area (Å²) >= 11 is 0. The first-order valence-electron chi connectivity index (χ1n) is 6.65. The van der Waals surface area contributed by atoms with Crippen molar-refractivity contribution in [1.29, 1.82) is 0 Å². The number of fused-ring (bicyclic) bond motifs is 1. The molecule has 20 heavy (non-hydrogen) atoms. The first-order chi connectivity index (χ1) is 9.68. The largest absolute Gasteiger partial charge is 0.510 e. The van der Waals surface area contributed by atoms with Crippen LogP contribution in [0.2, 0.25) is 0 Å². The van der Waals surface area contributed by atoms with Crippen molar-refractivity contribution in [3.05, 3.63) is 35.6 Å². The molecule has 1 heterocycles. The van der Waals surface area contributed by atoms with E-state index in [9.17, 15) is 14.7 Å². The average molecular weight is 274 g/mol. The smallest absolute Gasteiger partial charge is 0.331 e. The van der Waals surface area contributed by atoms with E-state index in [1.54, 1.807) is 6.07 Å². The summed E-state index contributed by atoms with van der Waals surface area (Å²) < 4.78 is 4.89. The Hall–Kier alpha value is -2.24. The lowest BCUT2D eigenvalue weighted by atomic mass is 9.80. The van der Waals surface area contributed by atoms with E-state index >= 15 is 0 Å². The van der Waals surface area contributed by atoms with Gasteiger partial charge in [0.05, 0.1) is 6.26 Å². The number of azo groups is 1. The van der Waals surface area contributed by atoms with Crippen LogP contribution in [-0.4, -0.2) is 16.8 Å². The molecule has 0 bridgehead atoms. The summed E-state index contributed by atoms with van der Waals surface area (Å²) in [6.07, 6.45) is 4.88. The third-order valence-electron chi connectivity index (χ3n) is 3.90. The van der Waals surface area contributed by atoms with Crippen molar-refractivity contribution >= 4 is 11.7 Å². The summed E-state index contributed by atoms with van der Waals surface area (Å²) in [4.78, 5) is 23.8. The van der Waals surface area contributed by atoms with E-state index in [4.69, 9.17) is 4.42 Å². The molecule has 2 atom stereocenters. The van der Waals surface area contributed by atoms with Crippen LogP contribution in [0.4, 0.5) is 0 Å². The number of carbonyl (C=O) groups excluding carboxylic acids is 2. The van der Waals surface area contributed by atoms with Crippen molar-refractivity contribution in [3.63, 3.8) is 0 Å². The van der Waals surface area contributed by atoms with E-state index < -0.39 is 5.91 Å². The van der Waals surface area contributed by atoms with Crippen LogP contribution in [-0.2, 0) is 4.79 Å². The molecule has 0 aromatic carbocycles. The van der Waals surface area contributed by atoms with Gasteiger partial charge in [0, 0.05) is 11.8 Å². The maximum Gasteiger partial charge on any atom is 0.331 e. The second kappa shape index (κ2) is 5.03. The molecule has 3 rings (SSSR count). The number of amides is 1. The van der Waals surface area contributed by atoms with Gasteiger partial charge >= 0.3 is 5.91 Å². The van der Waals surface area contributed by atoms with Gasteiger partial charge in [0.2, 0.25) is 0 Å². The maximum absolute atomic E-state index is 12.1. The lowest BCUT2D eigenvalue weighted by Crippen LogP contribution is -2.21. The fourth-order valence-electron chi connectivity index (χ4n) is 2.89. The molecule has 0 saturated heterocycles. The Morgan fingerprint density at radius 2 is 2.05 bits per heavy atom. The third-order valence-corrected chi connectivity index (χ3v) is 3.90. The van der Waals surface area contributed by atoms with Crippen molar-refractivity contribution in [1.82, 2.24) is 0 Å². The van der Waals surface area contributed by atoms with E-state index in [1.165, 1.54) is 12.3 Å². The highest BCUT2D eigenvalue weighted by Gasteiger charge is 2.43. The lowest BCUT2D eigenvalue weighted by Gasteiger charge is -2.23. The van der Waals surface area contributed by atoms with Crippen LogP contribution in [0.15, 0.2) is 44.5 Å². The fraction of sp³-hybridized carbons (Fsp3) is 0.429. The van der Waals surface area contributed by atoms with Crippen molar-refractivity contribution in [3.8, 4) is 0 Å². The Morgan fingerprint density at radius 1 is 1.30 bits per heavy atom. The number of ketones is 1. The highest BCUT2D eigenvalue weighted by molar-refractivity contribution is 6.00. The zero-order valence-corrected chi connectivity index (χ0v) is 10.8. The third kappa shape index (κ3) is 2.07. The molecule has 1 aromatic rings. The molecular formula is C14H14N2O4. The van der Waals surface area contributed by atoms with E-state index in [0.29, 0.717) is 0 Å². The first kappa shape index (κ1) is 12.8. The predicted molar refractivity (Wildman–Crippen MR) is 68.0 cm³/mol. The summed E-state index contributed by atoms with van der Waals surface area (Å²) in [5.74, 6) is -1.19. The van der Waals surface area contributed by atoms with Gasteiger partial charge in [0.15, 0.2) is 17.2 Å². The number of hydrogen-bond donors (Lipinski definition) is 1. The number of aliphatic hydroxyl groups excluding tert-OH is 1. The number of nitrogens with zero attached hydrogens (tertiary/aromatic N) is 2. The monoisotopic (exact) mass is 274 g/mol. The molecular weight excluding hydrogens is 260 g/mol. The van der Waals surface area contributed by atoms with Crippen LogP contribution < -0.4 is 0 Å². The lowest BCUT2D eigenvalue weighted by molar-refractivity contribution is -0.120. The summed E-state index contributed by atoms with van der Waals surface area (Å²) in [7, 11) is 0. The Balaban J connectivity index is 1.81. The standard InChI is InChI=1S/C14H14N2O4/c17-12-8-4-1-2-5-9(8)13(18)11(12)15-16-14(19)10-6-3-7-20-10/h3,6-9,17H,1-2,4-5H2. The van der Waals surface area contributed by atoms with Crippen LogP contribution in [0.5, 0.6) is 0 Å². The highest BCUT2D eigenvalue weighted by atomic mass is 16.3. The van der Waals surface area contributed by atoms with Crippen molar-refractivity contribution in [2.24, 2.45) is 22.1 Å². The average Bonchev–Trinajstić information content (AvgIpc) is 3.07. The van der Waals surface area contributed by atoms with E-state index in [-0.39, 0.29) is 34.8 Å². The van der Waals surface area contributed by atoms with Crippen LogP contribution in [0.3, 0.4) is 0 Å². The van der Waals surface area contributed by atoms with Gasteiger partial charge in [-0.1, -0.05) is 12.8 Å². The number of aliphatic hydroxyl groups is 1. The Labute approximate surface area is 115 Å². The SMILES string of the molecule is O=C(N=NC1=C(O)C2CCCCC2C1=O)c1ccco1.